The Morgan fingerprint density at radius 1 is 1.30 bits per heavy atom. The van der Waals surface area contributed by atoms with Gasteiger partial charge >= 0.3 is 0 Å². The highest BCUT2D eigenvalue weighted by molar-refractivity contribution is 5.79. The molecule has 1 aromatic carbocycles. The Labute approximate surface area is 140 Å². The van der Waals surface area contributed by atoms with E-state index in [-0.39, 0.29) is 0 Å². The zero-order valence-corrected chi connectivity index (χ0v) is 14.6. The van der Waals surface area contributed by atoms with E-state index in [1.54, 1.807) is 7.11 Å². The topological polar surface area (TPSA) is 48.9 Å². The van der Waals surface area contributed by atoms with Gasteiger partial charge in [-0.1, -0.05) is 19.1 Å². The predicted molar refractivity (Wildman–Crippen MR) is 96.1 cm³/mol. The van der Waals surface area contributed by atoms with Crippen molar-refractivity contribution in [3.8, 4) is 5.75 Å². The van der Waals surface area contributed by atoms with Gasteiger partial charge < -0.3 is 15.4 Å². The third kappa shape index (κ3) is 5.43. The van der Waals surface area contributed by atoms with Crippen LogP contribution in [0.4, 0.5) is 0 Å². The molecule has 1 fully saturated rings. The van der Waals surface area contributed by atoms with Gasteiger partial charge in [0, 0.05) is 26.2 Å². The van der Waals surface area contributed by atoms with E-state index < -0.39 is 0 Å². The van der Waals surface area contributed by atoms with Gasteiger partial charge in [0.25, 0.3) is 0 Å². The summed E-state index contributed by atoms with van der Waals surface area (Å²) in [5.41, 5.74) is 1.18. The van der Waals surface area contributed by atoms with Crippen LogP contribution in [0.2, 0.25) is 0 Å². The highest BCUT2D eigenvalue weighted by Crippen LogP contribution is 2.14. The smallest absolute Gasteiger partial charge is 0.191 e. The molecule has 128 valence electrons. The first-order valence-corrected chi connectivity index (χ1v) is 8.58. The van der Waals surface area contributed by atoms with E-state index >= 15 is 0 Å². The maximum atomic E-state index is 5.26. The molecular weight excluding hydrogens is 288 g/mol. The molecule has 1 aliphatic heterocycles. The quantitative estimate of drug-likeness (QED) is 0.598. The van der Waals surface area contributed by atoms with Crippen molar-refractivity contribution in [2.24, 2.45) is 4.99 Å². The van der Waals surface area contributed by atoms with Crippen molar-refractivity contribution in [3.63, 3.8) is 0 Å². The van der Waals surface area contributed by atoms with Gasteiger partial charge in [-0.25, -0.2) is 0 Å². The monoisotopic (exact) mass is 318 g/mol. The van der Waals surface area contributed by atoms with E-state index in [0.717, 1.165) is 24.8 Å². The molecule has 0 saturated carbocycles. The molecule has 1 aliphatic rings. The SMILES string of the molecule is CCC(CNC(=NC)NCc1cccc(OC)c1)N1CCCC1. The summed E-state index contributed by atoms with van der Waals surface area (Å²) in [6, 6.07) is 8.68. The Hall–Kier alpha value is -1.75. The second-order valence-electron chi connectivity index (χ2n) is 5.96. The molecule has 1 saturated heterocycles. The van der Waals surface area contributed by atoms with Gasteiger partial charge in [-0.2, -0.15) is 0 Å². The van der Waals surface area contributed by atoms with Crippen LogP contribution in [0.15, 0.2) is 29.3 Å². The van der Waals surface area contributed by atoms with Gasteiger partial charge in [-0.05, 0) is 50.0 Å². The maximum absolute atomic E-state index is 5.26. The van der Waals surface area contributed by atoms with Crippen LogP contribution < -0.4 is 15.4 Å². The highest BCUT2D eigenvalue weighted by atomic mass is 16.5. The van der Waals surface area contributed by atoms with Crippen molar-refractivity contribution in [2.75, 3.05) is 33.8 Å². The van der Waals surface area contributed by atoms with Gasteiger partial charge in [0.2, 0.25) is 0 Å². The lowest BCUT2D eigenvalue weighted by atomic mass is 10.2. The second-order valence-corrected chi connectivity index (χ2v) is 5.96. The summed E-state index contributed by atoms with van der Waals surface area (Å²) < 4.78 is 5.26. The second kappa shape index (κ2) is 9.40. The van der Waals surface area contributed by atoms with E-state index in [2.05, 4.69) is 33.5 Å². The van der Waals surface area contributed by atoms with E-state index in [4.69, 9.17) is 4.74 Å². The highest BCUT2D eigenvalue weighted by Gasteiger charge is 2.20. The largest absolute Gasteiger partial charge is 0.497 e. The Kier molecular flexibility index (Phi) is 7.20. The van der Waals surface area contributed by atoms with Crippen LogP contribution in [0.25, 0.3) is 0 Å². The number of rotatable bonds is 7. The molecule has 23 heavy (non-hydrogen) atoms. The van der Waals surface area contributed by atoms with Crippen LogP contribution in [-0.2, 0) is 6.54 Å². The van der Waals surface area contributed by atoms with Crippen LogP contribution in [0.1, 0.15) is 31.7 Å². The molecule has 0 aliphatic carbocycles. The van der Waals surface area contributed by atoms with Crippen LogP contribution in [0.5, 0.6) is 5.75 Å². The minimum absolute atomic E-state index is 0.591. The molecule has 2 N–H and O–H groups in total. The molecule has 2 rings (SSSR count). The number of nitrogens with zero attached hydrogens (tertiary/aromatic N) is 2. The lowest BCUT2D eigenvalue weighted by Crippen LogP contribution is -2.46. The number of ether oxygens (including phenoxy) is 1. The summed E-state index contributed by atoms with van der Waals surface area (Å²) in [5, 5.41) is 6.83. The maximum Gasteiger partial charge on any atom is 0.191 e. The third-order valence-electron chi connectivity index (χ3n) is 4.45. The zero-order chi connectivity index (χ0) is 16.5. The Bertz CT molecular complexity index is 498. The summed E-state index contributed by atoms with van der Waals surface area (Å²) in [5.74, 6) is 1.73. The minimum Gasteiger partial charge on any atom is -0.497 e. The van der Waals surface area contributed by atoms with E-state index in [0.29, 0.717) is 6.04 Å². The average molecular weight is 318 g/mol. The number of nitrogens with one attached hydrogen (secondary N) is 2. The molecule has 1 unspecified atom stereocenters. The number of benzene rings is 1. The Morgan fingerprint density at radius 3 is 2.74 bits per heavy atom. The first-order valence-electron chi connectivity index (χ1n) is 8.58. The molecule has 0 amide bonds. The van der Waals surface area contributed by atoms with E-state index in [9.17, 15) is 0 Å². The minimum atomic E-state index is 0.591. The lowest BCUT2D eigenvalue weighted by Gasteiger charge is -2.27. The number of hydrogen-bond acceptors (Lipinski definition) is 3. The summed E-state index contributed by atoms with van der Waals surface area (Å²) in [6.45, 7) is 6.40. The first-order chi connectivity index (χ1) is 11.3. The fraction of sp³-hybridized carbons (Fsp3) is 0.611. The van der Waals surface area contributed by atoms with Crippen molar-refractivity contribution in [3.05, 3.63) is 29.8 Å². The van der Waals surface area contributed by atoms with Gasteiger partial charge in [0.1, 0.15) is 5.75 Å². The van der Waals surface area contributed by atoms with Crippen LogP contribution in [0.3, 0.4) is 0 Å². The Morgan fingerprint density at radius 2 is 2.09 bits per heavy atom. The molecule has 1 heterocycles. The first kappa shape index (κ1) is 17.6. The Balaban J connectivity index is 1.80. The van der Waals surface area contributed by atoms with Gasteiger partial charge in [0.15, 0.2) is 5.96 Å². The number of guanidine groups is 1. The van der Waals surface area contributed by atoms with Gasteiger partial charge in [-0.3, -0.25) is 9.89 Å². The number of methoxy groups -OCH3 is 1. The zero-order valence-electron chi connectivity index (χ0n) is 14.6. The fourth-order valence-corrected chi connectivity index (χ4v) is 3.04. The molecular formula is C18H30N4O. The third-order valence-corrected chi connectivity index (χ3v) is 4.45. The molecule has 0 spiro atoms. The molecule has 1 aromatic rings. The summed E-state index contributed by atoms with van der Waals surface area (Å²) in [7, 11) is 3.51. The van der Waals surface area contributed by atoms with Crippen molar-refractivity contribution in [2.45, 2.75) is 38.8 Å². The number of hydrogen-bond donors (Lipinski definition) is 2. The summed E-state index contributed by atoms with van der Waals surface area (Å²) >= 11 is 0. The standard InChI is InChI=1S/C18H30N4O/c1-4-16(22-10-5-6-11-22)14-21-18(19-2)20-13-15-8-7-9-17(12-15)23-3/h7-9,12,16H,4-6,10-11,13-14H2,1-3H3,(H2,19,20,21). The predicted octanol–water partition coefficient (Wildman–Crippen LogP) is 2.23. The van der Waals surface area contributed by atoms with E-state index in [1.807, 2.05) is 25.2 Å². The average Bonchev–Trinajstić information content (AvgIpc) is 3.12. The van der Waals surface area contributed by atoms with Gasteiger partial charge in [-0.15, -0.1) is 0 Å². The van der Waals surface area contributed by atoms with Crippen molar-refractivity contribution in [1.29, 1.82) is 0 Å². The molecule has 1 atom stereocenters. The van der Waals surface area contributed by atoms with Crippen LogP contribution >= 0.6 is 0 Å². The number of likely N-dealkylation sites (tertiary alicyclic amines) is 1. The lowest BCUT2D eigenvalue weighted by molar-refractivity contribution is 0.236. The van der Waals surface area contributed by atoms with Crippen molar-refractivity contribution < 1.29 is 4.74 Å². The summed E-state index contributed by atoms with van der Waals surface area (Å²) in [4.78, 5) is 6.91. The molecule has 0 radical (unpaired) electrons. The fourth-order valence-electron chi connectivity index (χ4n) is 3.04. The summed E-state index contributed by atoms with van der Waals surface area (Å²) in [6.07, 6.45) is 3.83. The number of aliphatic imine (C=N–C) groups is 1. The van der Waals surface area contributed by atoms with Crippen LogP contribution in [0, 0.1) is 0 Å². The normalized spacial score (nSPS) is 17.1. The van der Waals surface area contributed by atoms with E-state index in [1.165, 1.54) is 37.9 Å². The van der Waals surface area contributed by atoms with Crippen LogP contribution in [-0.4, -0.2) is 50.7 Å². The molecule has 0 bridgehead atoms. The van der Waals surface area contributed by atoms with Gasteiger partial charge in [0.05, 0.1) is 7.11 Å². The van der Waals surface area contributed by atoms with Crippen molar-refractivity contribution >= 4 is 5.96 Å². The molecule has 5 heteroatoms. The molecule has 5 nitrogen and oxygen atoms in total. The molecule has 0 aromatic heterocycles. The van der Waals surface area contributed by atoms with Crippen molar-refractivity contribution in [1.82, 2.24) is 15.5 Å².